The number of nitrogens with one attached hydrogen (secondary N) is 1. The van der Waals surface area contributed by atoms with Crippen molar-refractivity contribution in [1.29, 1.82) is 0 Å². The van der Waals surface area contributed by atoms with Gasteiger partial charge in [0, 0.05) is 31.8 Å². The first kappa shape index (κ1) is 15.7. The van der Waals surface area contributed by atoms with Crippen molar-refractivity contribution in [3.05, 3.63) is 0 Å². The van der Waals surface area contributed by atoms with E-state index in [-0.39, 0.29) is 12.6 Å². The summed E-state index contributed by atoms with van der Waals surface area (Å²) in [5.74, 6) is 0.298. The van der Waals surface area contributed by atoms with Crippen molar-refractivity contribution in [1.82, 2.24) is 10.2 Å². The van der Waals surface area contributed by atoms with E-state index in [1.165, 1.54) is 32.8 Å². The monoisotopic (exact) mass is 284 g/mol. The SMILES string of the molecule is COC(=O)CN1CC(CCO)CC(NC2CCCC2)C1. The van der Waals surface area contributed by atoms with Crippen LogP contribution in [0.15, 0.2) is 0 Å². The van der Waals surface area contributed by atoms with E-state index in [2.05, 4.69) is 10.2 Å². The van der Waals surface area contributed by atoms with Crippen molar-refractivity contribution >= 4 is 5.97 Å². The van der Waals surface area contributed by atoms with Gasteiger partial charge in [0.25, 0.3) is 0 Å². The summed E-state index contributed by atoms with van der Waals surface area (Å²) in [4.78, 5) is 13.6. The summed E-state index contributed by atoms with van der Waals surface area (Å²) < 4.78 is 4.77. The molecule has 0 aromatic rings. The van der Waals surface area contributed by atoms with Gasteiger partial charge in [0.15, 0.2) is 0 Å². The number of aliphatic hydroxyl groups is 1. The molecule has 0 spiro atoms. The van der Waals surface area contributed by atoms with Crippen LogP contribution in [-0.4, -0.2) is 61.4 Å². The van der Waals surface area contributed by atoms with Crippen LogP contribution in [0.3, 0.4) is 0 Å². The summed E-state index contributed by atoms with van der Waals surface area (Å²) in [6.45, 7) is 2.39. The van der Waals surface area contributed by atoms with E-state index in [1.807, 2.05) is 0 Å². The van der Waals surface area contributed by atoms with Gasteiger partial charge in [-0.05, 0) is 31.6 Å². The largest absolute Gasteiger partial charge is 0.468 e. The summed E-state index contributed by atoms with van der Waals surface area (Å²) in [7, 11) is 1.44. The normalized spacial score (nSPS) is 28.7. The Morgan fingerprint density at radius 1 is 1.30 bits per heavy atom. The van der Waals surface area contributed by atoms with Crippen LogP contribution in [-0.2, 0) is 9.53 Å². The Hall–Kier alpha value is -0.650. The van der Waals surface area contributed by atoms with E-state index in [0.717, 1.165) is 25.9 Å². The molecule has 1 saturated heterocycles. The number of rotatable bonds is 6. The molecule has 1 heterocycles. The molecule has 0 bridgehead atoms. The average Bonchev–Trinajstić information content (AvgIpc) is 2.91. The minimum absolute atomic E-state index is 0.172. The molecule has 1 aliphatic carbocycles. The molecule has 2 aliphatic rings. The molecule has 2 atom stereocenters. The van der Waals surface area contributed by atoms with Gasteiger partial charge in [0.1, 0.15) is 0 Å². The topological polar surface area (TPSA) is 61.8 Å². The fourth-order valence-electron chi connectivity index (χ4n) is 3.62. The summed E-state index contributed by atoms with van der Waals surface area (Å²) in [6, 6.07) is 1.08. The molecule has 0 amide bonds. The molecule has 0 radical (unpaired) electrons. The number of piperidine rings is 1. The van der Waals surface area contributed by atoms with Gasteiger partial charge in [-0.1, -0.05) is 12.8 Å². The van der Waals surface area contributed by atoms with Crippen LogP contribution in [0, 0.1) is 5.92 Å². The van der Waals surface area contributed by atoms with Crippen LogP contribution in [0.1, 0.15) is 38.5 Å². The molecule has 0 aromatic carbocycles. The Bertz CT molecular complexity index is 305. The van der Waals surface area contributed by atoms with Gasteiger partial charge in [-0.2, -0.15) is 0 Å². The number of carbonyl (C=O) groups excluding carboxylic acids is 1. The second kappa shape index (κ2) is 7.96. The number of hydrogen-bond donors (Lipinski definition) is 2. The lowest BCUT2D eigenvalue weighted by atomic mass is 9.91. The van der Waals surface area contributed by atoms with Gasteiger partial charge in [0.05, 0.1) is 13.7 Å². The third-order valence-electron chi connectivity index (χ3n) is 4.56. The van der Waals surface area contributed by atoms with Gasteiger partial charge in [-0.15, -0.1) is 0 Å². The standard InChI is InChI=1S/C15H28N2O3/c1-20-15(19)11-17-9-12(6-7-18)8-14(10-17)16-13-4-2-3-5-13/h12-14,16,18H,2-11H2,1H3. The fourth-order valence-corrected chi connectivity index (χ4v) is 3.62. The molecule has 116 valence electrons. The van der Waals surface area contributed by atoms with Gasteiger partial charge in [0.2, 0.25) is 0 Å². The predicted molar refractivity (Wildman–Crippen MR) is 77.4 cm³/mol. The minimum atomic E-state index is -0.172. The molecule has 5 heteroatoms. The van der Waals surface area contributed by atoms with E-state index in [4.69, 9.17) is 4.74 Å². The Morgan fingerprint density at radius 3 is 2.70 bits per heavy atom. The zero-order chi connectivity index (χ0) is 14.4. The molecule has 2 rings (SSSR count). The number of aliphatic hydroxyl groups excluding tert-OH is 1. The maximum absolute atomic E-state index is 11.5. The van der Waals surface area contributed by atoms with Crippen LogP contribution in [0.2, 0.25) is 0 Å². The lowest BCUT2D eigenvalue weighted by Gasteiger charge is -2.38. The number of likely N-dealkylation sites (tertiary alicyclic amines) is 1. The minimum Gasteiger partial charge on any atom is -0.468 e. The first-order chi connectivity index (χ1) is 9.71. The lowest BCUT2D eigenvalue weighted by molar-refractivity contribution is -0.142. The highest BCUT2D eigenvalue weighted by atomic mass is 16.5. The third kappa shape index (κ3) is 4.72. The maximum atomic E-state index is 11.5. The second-order valence-electron chi connectivity index (χ2n) is 6.23. The van der Waals surface area contributed by atoms with E-state index in [0.29, 0.717) is 24.5 Å². The summed E-state index contributed by atoms with van der Waals surface area (Å²) in [6.07, 6.45) is 7.14. The highest BCUT2D eigenvalue weighted by Gasteiger charge is 2.30. The molecule has 5 nitrogen and oxygen atoms in total. The van der Waals surface area contributed by atoms with E-state index < -0.39 is 0 Å². The van der Waals surface area contributed by atoms with Gasteiger partial charge < -0.3 is 15.2 Å². The van der Waals surface area contributed by atoms with E-state index >= 15 is 0 Å². The van der Waals surface area contributed by atoms with E-state index in [1.54, 1.807) is 0 Å². The molecule has 2 fully saturated rings. The van der Waals surface area contributed by atoms with Crippen molar-refractivity contribution in [2.75, 3.05) is 33.4 Å². The quantitative estimate of drug-likeness (QED) is 0.705. The Balaban J connectivity index is 1.87. The number of methoxy groups -OCH3 is 1. The fraction of sp³-hybridized carbons (Fsp3) is 0.933. The zero-order valence-corrected chi connectivity index (χ0v) is 12.5. The van der Waals surface area contributed by atoms with Crippen molar-refractivity contribution in [2.45, 2.75) is 50.6 Å². The number of carbonyl (C=O) groups is 1. The van der Waals surface area contributed by atoms with Crippen LogP contribution >= 0.6 is 0 Å². The number of esters is 1. The van der Waals surface area contributed by atoms with Gasteiger partial charge >= 0.3 is 5.97 Å². The highest BCUT2D eigenvalue weighted by Crippen LogP contribution is 2.23. The Kier molecular flexibility index (Phi) is 6.26. The molecular formula is C15H28N2O3. The number of ether oxygens (including phenoxy) is 1. The second-order valence-corrected chi connectivity index (χ2v) is 6.23. The molecule has 2 N–H and O–H groups in total. The van der Waals surface area contributed by atoms with E-state index in [9.17, 15) is 9.90 Å². The Morgan fingerprint density at radius 2 is 2.05 bits per heavy atom. The van der Waals surface area contributed by atoms with Crippen molar-refractivity contribution in [3.8, 4) is 0 Å². The van der Waals surface area contributed by atoms with Crippen LogP contribution in [0.4, 0.5) is 0 Å². The summed E-state index contributed by atoms with van der Waals surface area (Å²) in [5, 5.41) is 12.9. The number of hydrogen-bond acceptors (Lipinski definition) is 5. The molecule has 0 aromatic heterocycles. The van der Waals surface area contributed by atoms with Crippen molar-refractivity contribution < 1.29 is 14.6 Å². The summed E-state index contributed by atoms with van der Waals surface area (Å²) >= 11 is 0. The molecule has 20 heavy (non-hydrogen) atoms. The van der Waals surface area contributed by atoms with Crippen molar-refractivity contribution in [2.24, 2.45) is 5.92 Å². The third-order valence-corrected chi connectivity index (χ3v) is 4.56. The van der Waals surface area contributed by atoms with Crippen LogP contribution < -0.4 is 5.32 Å². The lowest BCUT2D eigenvalue weighted by Crippen LogP contribution is -2.52. The molecule has 1 saturated carbocycles. The number of nitrogens with zero attached hydrogens (tertiary/aromatic N) is 1. The molecule has 1 aliphatic heterocycles. The van der Waals surface area contributed by atoms with Crippen LogP contribution in [0.25, 0.3) is 0 Å². The van der Waals surface area contributed by atoms with Gasteiger partial charge in [-0.3, -0.25) is 9.69 Å². The Labute approximate surface area is 121 Å². The van der Waals surface area contributed by atoms with Crippen LogP contribution in [0.5, 0.6) is 0 Å². The predicted octanol–water partition coefficient (Wildman–Crippen LogP) is 0.764. The smallest absolute Gasteiger partial charge is 0.319 e. The highest BCUT2D eigenvalue weighted by molar-refractivity contribution is 5.71. The summed E-state index contributed by atoms with van der Waals surface area (Å²) in [5.41, 5.74) is 0. The van der Waals surface area contributed by atoms with Gasteiger partial charge in [-0.25, -0.2) is 0 Å². The molecule has 2 unspecified atom stereocenters. The first-order valence-corrected chi connectivity index (χ1v) is 7.87. The van der Waals surface area contributed by atoms with Crippen molar-refractivity contribution in [3.63, 3.8) is 0 Å². The average molecular weight is 284 g/mol. The maximum Gasteiger partial charge on any atom is 0.319 e. The zero-order valence-electron chi connectivity index (χ0n) is 12.5. The molecular weight excluding hydrogens is 256 g/mol. The first-order valence-electron chi connectivity index (χ1n) is 7.87.